The maximum absolute atomic E-state index is 13.4. The molecular weight excluding hydrogens is 387 g/mol. The van der Waals surface area contributed by atoms with Crippen molar-refractivity contribution in [1.82, 2.24) is 10.6 Å². The minimum absolute atomic E-state index is 0.0178. The molecule has 28 heavy (non-hydrogen) atoms. The molecule has 0 spiro atoms. The van der Waals surface area contributed by atoms with Crippen molar-refractivity contribution in [1.29, 1.82) is 0 Å². The Labute approximate surface area is 165 Å². The summed E-state index contributed by atoms with van der Waals surface area (Å²) < 4.78 is 13.4. The summed E-state index contributed by atoms with van der Waals surface area (Å²) in [6.45, 7) is 0.369. The fourth-order valence-electron chi connectivity index (χ4n) is 2.22. The number of carbonyl (C=O) groups excluding carboxylic acids is 3. The third-order valence-corrected chi connectivity index (χ3v) is 3.97. The van der Waals surface area contributed by atoms with Crippen LogP contribution in [0.5, 0.6) is 0 Å². The van der Waals surface area contributed by atoms with Crippen LogP contribution in [-0.2, 0) is 0 Å². The smallest absolute Gasteiger partial charge is 0.251 e. The van der Waals surface area contributed by atoms with Gasteiger partial charge < -0.3 is 22.1 Å². The van der Waals surface area contributed by atoms with Crippen molar-refractivity contribution in [3.63, 3.8) is 0 Å². The predicted octanol–water partition coefficient (Wildman–Crippen LogP) is 1.88. The maximum Gasteiger partial charge on any atom is 0.251 e. The van der Waals surface area contributed by atoms with Gasteiger partial charge >= 0.3 is 0 Å². The fraction of sp³-hybridized carbons (Fsp3) is 0.105. The summed E-state index contributed by atoms with van der Waals surface area (Å²) in [5.41, 5.74) is 11.3. The van der Waals surface area contributed by atoms with Crippen LogP contribution in [0.25, 0.3) is 0 Å². The molecule has 3 amide bonds. The first kappa shape index (κ1) is 20.9. The minimum atomic E-state index is -0.827. The average molecular weight is 405 g/mol. The fourth-order valence-corrected chi connectivity index (χ4v) is 2.34. The summed E-state index contributed by atoms with van der Waals surface area (Å²) >= 11 is 5.80. The van der Waals surface area contributed by atoms with Crippen LogP contribution in [0.2, 0.25) is 5.02 Å². The number of primary amides is 1. The van der Waals surface area contributed by atoms with Crippen LogP contribution in [0.3, 0.4) is 0 Å². The summed E-state index contributed by atoms with van der Waals surface area (Å²) in [6.07, 6.45) is 3.25. The Balaban J connectivity index is 1.80. The molecular formula is C19H18ClFN4O3. The van der Waals surface area contributed by atoms with Gasteiger partial charge in [-0.15, -0.1) is 0 Å². The van der Waals surface area contributed by atoms with Gasteiger partial charge in [-0.05, 0) is 36.4 Å². The highest BCUT2D eigenvalue weighted by Gasteiger charge is 2.11. The second-order valence-electron chi connectivity index (χ2n) is 5.72. The molecule has 2 aromatic carbocycles. The highest BCUT2D eigenvalue weighted by molar-refractivity contribution is 6.33. The number of halogens is 2. The molecule has 9 heteroatoms. The zero-order valence-corrected chi connectivity index (χ0v) is 15.4. The second kappa shape index (κ2) is 9.52. The van der Waals surface area contributed by atoms with E-state index in [9.17, 15) is 18.8 Å². The standard InChI is InChI=1S/C19H18ClFN4O3/c20-15-4-3-11(10-16(15)22)18(27)24-5-1-2-6-25-19(28)13-7-12(17(23)26)8-14(21)9-13/h1-4,7-10H,5-6,22H2,(H2,23,26)(H,24,27)(H,25,28)/b2-1+. The van der Waals surface area contributed by atoms with Crippen molar-refractivity contribution in [3.8, 4) is 0 Å². The number of carbonyl (C=O) groups is 3. The molecule has 2 rings (SSSR count). The van der Waals surface area contributed by atoms with Crippen LogP contribution in [0.1, 0.15) is 31.1 Å². The number of nitrogens with two attached hydrogens (primary N) is 2. The molecule has 0 saturated carbocycles. The summed E-state index contributed by atoms with van der Waals surface area (Å²) in [6, 6.07) is 7.73. The van der Waals surface area contributed by atoms with Crippen LogP contribution in [-0.4, -0.2) is 30.8 Å². The van der Waals surface area contributed by atoms with E-state index in [2.05, 4.69) is 10.6 Å². The number of amides is 3. The number of benzene rings is 2. The Hall–Kier alpha value is -3.39. The van der Waals surface area contributed by atoms with Crippen molar-refractivity contribution in [2.45, 2.75) is 0 Å². The monoisotopic (exact) mass is 404 g/mol. The first-order chi connectivity index (χ1) is 13.3. The van der Waals surface area contributed by atoms with E-state index in [1.807, 2.05) is 0 Å². The van der Waals surface area contributed by atoms with E-state index < -0.39 is 17.6 Å². The summed E-state index contributed by atoms with van der Waals surface area (Å²) in [4.78, 5) is 35.1. The third kappa shape index (κ3) is 5.82. The number of anilines is 1. The molecule has 0 bridgehead atoms. The van der Waals surface area contributed by atoms with Gasteiger partial charge in [-0.1, -0.05) is 23.8 Å². The molecule has 0 unspecified atom stereocenters. The Morgan fingerprint density at radius 1 is 0.929 bits per heavy atom. The molecule has 146 valence electrons. The van der Waals surface area contributed by atoms with Gasteiger partial charge in [0.2, 0.25) is 5.91 Å². The molecule has 0 heterocycles. The van der Waals surface area contributed by atoms with Crippen molar-refractivity contribution in [3.05, 3.63) is 76.1 Å². The van der Waals surface area contributed by atoms with Crippen molar-refractivity contribution in [2.24, 2.45) is 5.73 Å². The van der Waals surface area contributed by atoms with Crippen LogP contribution in [0, 0.1) is 5.82 Å². The quantitative estimate of drug-likeness (QED) is 0.415. The second-order valence-corrected chi connectivity index (χ2v) is 6.13. The maximum atomic E-state index is 13.4. The molecule has 0 fully saturated rings. The molecule has 0 aliphatic rings. The molecule has 0 saturated heterocycles. The molecule has 0 aromatic heterocycles. The van der Waals surface area contributed by atoms with E-state index in [0.29, 0.717) is 16.3 Å². The average Bonchev–Trinajstić information content (AvgIpc) is 2.65. The lowest BCUT2D eigenvalue weighted by molar-refractivity contribution is 0.0948. The lowest BCUT2D eigenvalue weighted by atomic mass is 10.1. The van der Waals surface area contributed by atoms with E-state index in [-0.39, 0.29) is 30.1 Å². The molecule has 0 aliphatic heterocycles. The Bertz CT molecular complexity index is 947. The normalized spacial score (nSPS) is 10.6. The molecule has 2 aromatic rings. The lowest BCUT2D eigenvalue weighted by Gasteiger charge is -2.05. The van der Waals surface area contributed by atoms with Gasteiger partial charge in [0.1, 0.15) is 5.82 Å². The van der Waals surface area contributed by atoms with E-state index in [4.69, 9.17) is 23.1 Å². The summed E-state index contributed by atoms with van der Waals surface area (Å²) in [7, 11) is 0. The van der Waals surface area contributed by atoms with Gasteiger partial charge in [0, 0.05) is 29.8 Å². The van der Waals surface area contributed by atoms with Crippen LogP contribution in [0.15, 0.2) is 48.6 Å². The van der Waals surface area contributed by atoms with Gasteiger partial charge in [0.25, 0.3) is 11.8 Å². The first-order valence-electron chi connectivity index (χ1n) is 8.14. The largest absolute Gasteiger partial charge is 0.398 e. The molecule has 6 N–H and O–H groups in total. The van der Waals surface area contributed by atoms with Gasteiger partial charge in [0.15, 0.2) is 0 Å². The van der Waals surface area contributed by atoms with Gasteiger partial charge in [0.05, 0.1) is 10.7 Å². The minimum Gasteiger partial charge on any atom is -0.398 e. The number of hydrogen-bond acceptors (Lipinski definition) is 4. The van der Waals surface area contributed by atoms with Crippen molar-refractivity contribution in [2.75, 3.05) is 18.8 Å². The number of nitrogen functional groups attached to an aromatic ring is 1. The third-order valence-electron chi connectivity index (χ3n) is 3.63. The summed E-state index contributed by atoms with van der Waals surface area (Å²) in [5, 5.41) is 5.56. The number of hydrogen-bond donors (Lipinski definition) is 4. The van der Waals surface area contributed by atoms with E-state index in [0.717, 1.165) is 12.1 Å². The molecule has 0 radical (unpaired) electrons. The summed E-state index contributed by atoms with van der Waals surface area (Å²) in [5.74, 6) is -2.45. The Morgan fingerprint density at radius 3 is 2.07 bits per heavy atom. The zero-order valence-electron chi connectivity index (χ0n) is 14.7. The topological polar surface area (TPSA) is 127 Å². The molecule has 7 nitrogen and oxygen atoms in total. The van der Waals surface area contributed by atoms with E-state index in [1.165, 1.54) is 18.2 Å². The Kier molecular flexibility index (Phi) is 7.11. The Morgan fingerprint density at radius 2 is 1.50 bits per heavy atom. The van der Waals surface area contributed by atoms with Crippen LogP contribution < -0.4 is 22.1 Å². The van der Waals surface area contributed by atoms with Gasteiger partial charge in [-0.25, -0.2) is 4.39 Å². The molecule has 0 atom stereocenters. The van der Waals surface area contributed by atoms with E-state index in [1.54, 1.807) is 18.2 Å². The zero-order chi connectivity index (χ0) is 20.7. The SMILES string of the molecule is NC(=O)c1cc(F)cc(C(=O)NC/C=C/CNC(=O)c2ccc(Cl)c(N)c2)c1. The first-order valence-corrected chi connectivity index (χ1v) is 8.52. The van der Waals surface area contributed by atoms with Gasteiger partial charge in [-0.2, -0.15) is 0 Å². The van der Waals surface area contributed by atoms with Crippen molar-refractivity contribution >= 4 is 35.0 Å². The van der Waals surface area contributed by atoms with Gasteiger partial charge in [-0.3, -0.25) is 14.4 Å². The van der Waals surface area contributed by atoms with Crippen LogP contribution >= 0.6 is 11.6 Å². The van der Waals surface area contributed by atoms with E-state index >= 15 is 0 Å². The number of rotatable bonds is 7. The van der Waals surface area contributed by atoms with Crippen molar-refractivity contribution < 1.29 is 18.8 Å². The number of nitrogens with one attached hydrogen (secondary N) is 2. The highest BCUT2D eigenvalue weighted by atomic mass is 35.5. The molecule has 0 aliphatic carbocycles. The highest BCUT2D eigenvalue weighted by Crippen LogP contribution is 2.19. The van der Waals surface area contributed by atoms with Crippen LogP contribution in [0.4, 0.5) is 10.1 Å². The predicted molar refractivity (Wildman–Crippen MR) is 105 cm³/mol. The lowest BCUT2D eigenvalue weighted by Crippen LogP contribution is -2.25.